The quantitative estimate of drug-likeness (QED) is 0.150. The lowest BCUT2D eigenvalue weighted by molar-refractivity contribution is 0.673. The molecule has 13 rings (SSSR count). The largest absolute Gasteiger partial charge is 0.455 e. The summed E-state index contributed by atoms with van der Waals surface area (Å²) in [7, 11) is 0. The van der Waals surface area contributed by atoms with Gasteiger partial charge in [0.2, 0.25) is 0 Å². The highest BCUT2D eigenvalue weighted by Crippen LogP contribution is 2.51. The van der Waals surface area contributed by atoms with Gasteiger partial charge < -0.3 is 18.8 Å². The van der Waals surface area contributed by atoms with E-state index in [9.17, 15) is 0 Å². The molecular formula is C58H37N3O. The van der Waals surface area contributed by atoms with Crippen LogP contribution in [0, 0.1) is 0 Å². The molecule has 4 heteroatoms. The Labute approximate surface area is 357 Å². The average molecular weight is 792 g/mol. The van der Waals surface area contributed by atoms with Crippen molar-refractivity contribution in [2.45, 2.75) is 0 Å². The van der Waals surface area contributed by atoms with Crippen molar-refractivity contribution in [3.05, 3.63) is 224 Å². The summed E-state index contributed by atoms with van der Waals surface area (Å²) < 4.78 is 9.58. The number of benzene rings is 11. The van der Waals surface area contributed by atoms with Crippen molar-refractivity contribution in [3.63, 3.8) is 0 Å². The minimum absolute atomic E-state index is 0.865. The maximum Gasteiger partial charge on any atom is 0.143 e. The van der Waals surface area contributed by atoms with Crippen molar-refractivity contribution in [2.75, 3.05) is 9.80 Å². The molecule has 2 heterocycles. The van der Waals surface area contributed by atoms with Crippen LogP contribution in [0.3, 0.4) is 0 Å². The smallest absolute Gasteiger partial charge is 0.143 e. The highest BCUT2D eigenvalue weighted by molar-refractivity contribution is 6.43. The average Bonchev–Trinajstić information content (AvgIpc) is 3.90. The van der Waals surface area contributed by atoms with Crippen molar-refractivity contribution < 1.29 is 4.42 Å². The number of rotatable bonds is 7. The third-order valence-electron chi connectivity index (χ3n) is 12.6. The van der Waals surface area contributed by atoms with E-state index in [0.29, 0.717) is 0 Å². The summed E-state index contributed by atoms with van der Waals surface area (Å²) in [5.41, 5.74) is 11.8. The van der Waals surface area contributed by atoms with E-state index in [4.69, 9.17) is 4.42 Å². The van der Waals surface area contributed by atoms with Crippen LogP contribution >= 0.6 is 0 Å². The number of anilines is 6. The Morgan fingerprint density at radius 1 is 0.306 bits per heavy atom. The van der Waals surface area contributed by atoms with E-state index in [1.54, 1.807) is 0 Å². The Kier molecular flexibility index (Phi) is 7.57. The van der Waals surface area contributed by atoms with Crippen molar-refractivity contribution in [1.29, 1.82) is 0 Å². The summed E-state index contributed by atoms with van der Waals surface area (Å²) in [6.45, 7) is 0. The molecule has 0 atom stereocenters. The minimum Gasteiger partial charge on any atom is -0.455 e. The first-order valence-electron chi connectivity index (χ1n) is 21.2. The summed E-state index contributed by atoms with van der Waals surface area (Å²) in [6, 6.07) is 80.5. The van der Waals surface area contributed by atoms with Gasteiger partial charge >= 0.3 is 0 Å². The molecule has 13 aromatic rings. The van der Waals surface area contributed by atoms with E-state index < -0.39 is 0 Å². The van der Waals surface area contributed by atoms with Gasteiger partial charge in [-0.05, 0) is 95.7 Å². The van der Waals surface area contributed by atoms with Gasteiger partial charge in [-0.3, -0.25) is 0 Å². The monoisotopic (exact) mass is 791 g/mol. The SMILES string of the molecule is c1ccc(N(c2ccccc2)c2ccc3c(c2)oc2c4cccc5c4c4c(cccc4c4c5c5ccc(N(c6ccccc6)c6ccccc6)cc5n4-c4ccccc4)c32)cc1. The number of hydrogen-bond acceptors (Lipinski definition) is 3. The van der Waals surface area contributed by atoms with Crippen LogP contribution < -0.4 is 9.80 Å². The highest BCUT2D eigenvalue weighted by Gasteiger charge is 2.26. The van der Waals surface area contributed by atoms with E-state index in [2.05, 4.69) is 239 Å². The third-order valence-corrected chi connectivity index (χ3v) is 12.6. The fourth-order valence-corrected chi connectivity index (χ4v) is 10.1. The van der Waals surface area contributed by atoms with Crippen LogP contribution in [0.4, 0.5) is 34.1 Å². The Balaban J connectivity index is 1.12. The van der Waals surface area contributed by atoms with Gasteiger partial charge in [-0.15, -0.1) is 0 Å². The molecule has 0 spiro atoms. The summed E-state index contributed by atoms with van der Waals surface area (Å²) in [5.74, 6) is 0. The zero-order valence-electron chi connectivity index (χ0n) is 33.6. The van der Waals surface area contributed by atoms with E-state index >= 15 is 0 Å². The van der Waals surface area contributed by atoms with Crippen LogP contribution in [0.15, 0.2) is 229 Å². The first-order chi connectivity index (χ1) is 30.8. The number of nitrogens with zero attached hydrogens (tertiary/aromatic N) is 3. The van der Waals surface area contributed by atoms with E-state index in [-0.39, 0.29) is 0 Å². The molecule has 2 aromatic heterocycles. The molecule has 4 nitrogen and oxygen atoms in total. The number of fused-ring (bicyclic) bond motifs is 10. The van der Waals surface area contributed by atoms with Gasteiger partial charge in [0.05, 0.1) is 11.0 Å². The fraction of sp³-hybridized carbons (Fsp3) is 0. The number of aromatic nitrogens is 1. The van der Waals surface area contributed by atoms with Crippen molar-refractivity contribution in [1.82, 2.24) is 4.57 Å². The van der Waals surface area contributed by atoms with Gasteiger partial charge in [0.25, 0.3) is 0 Å². The Morgan fingerprint density at radius 3 is 1.32 bits per heavy atom. The maximum absolute atomic E-state index is 7.09. The van der Waals surface area contributed by atoms with E-state index in [1.807, 2.05) is 0 Å². The van der Waals surface area contributed by atoms with Crippen molar-refractivity contribution >= 4 is 110 Å². The highest BCUT2D eigenvalue weighted by atomic mass is 16.3. The molecule has 0 saturated carbocycles. The van der Waals surface area contributed by atoms with Crippen LogP contribution in [-0.4, -0.2) is 4.57 Å². The van der Waals surface area contributed by atoms with Crippen molar-refractivity contribution in [2.24, 2.45) is 0 Å². The lowest BCUT2D eigenvalue weighted by Crippen LogP contribution is -2.09. The zero-order chi connectivity index (χ0) is 40.7. The standard InChI is InChI=1S/C58H37N3O/c1-6-18-38(19-7-1)59(39-20-8-2-9-21-39)43-32-34-45-51(36-43)61(42-26-14-5-15-27-42)57-49-30-16-29-48-53(49)54-47(55(45)57)28-17-31-50(54)58-56(48)46-35-33-44(37-52(46)62-58)60(40-22-10-3-11-23-40)41-24-12-4-13-25-41/h1-37H. The van der Waals surface area contributed by atoms with Gasteiger partial charge in [-0.2, -0.15) is 0 Å². The second-order valence-electron chi connectivity index (χ2n) is 16.1. The summed E-state index contributed by atoms with van der Waals surface area (Å²) in [6.07, 6.45) is 0. The molecule has 0 amide bonds. The number of furan rings is 1. The molecule has 0 bridgehead atoms. The second kappa shape index (κ2) is 13.6. The summed E-state index contributed by atoms with van der Waals surface area (Å²) >= 11 is 0. The fourth-order valence-electron chi connectivity index (χ4n) is 10.1. The molecule has 0 aliphatic heterocycles. The van der Waals surface area contributed by atoms with Gasteiger partial charge in [-0.25, -0.2) is 0 Å². The molecule has 0 fully saturated rings. The first-order valence-corrected chi connectivity index (χ1v) is 21.2. The predicted octanol–water partition coefficient (Wildman–Crippen LogP) is 16.5. The third kappa shape index (κ3) is 5.07. The molecule has 62 heavy (non-hydrogen) atoms. The predicted molar refractivity (Wildman–Crippen MR) is 261 cm³/mol. The van der Waals surface area contributed by atoms with Crippen molar-refractivity contribution in [3.8, 4) is 5.69 Å². The molecular weight excluding hydrogens is 755 g/mol. The molecule has 11 aromatic carbocycles. The Morgan fingerprint density at radius 2 is 0.758 bits per heavy atom. The summed E-state index contributed by atoms with van der Waals surface area (Å²) in [4.78, 5) is 4.64. The summed E-state index contributed by atoms with van der Waals surface area (Å²) in [5, 5.41) is 12.0. The number of para-hydroxylation sites is 5. The van der Waals surface area contributed by atoms with Crippen LogP contribution in [0.1, 0.15) is 0 Å². The molecule has 290 valence electrons. The lowest BCUT2D eigenvalue weighted by atomic mass is 9.89. The molecule has 0 N–H and O–H groups in total. The van der Waals surface area contributed by atoms with Gasteiger partial charge in [0.15, 0.2) is 0 Å². The number of hydrogen-bond donors (Lipinski definition) is 0. The second-order valence-corrected chi connectivity index (χ2v) is 16.1. The molecule has 0 unspecified atom stereocenters. The van der Waals surface area contributed by atoms with Gasteiger partial charge in [-0.1, -0.05) is 133 Å². The van der Waals surface area contributed by atoms with E-state index in [1.165, 1.54) is 43.2 Å². The minimum atomic E-state index is 0.865. The van der Waals surface area contributed by atoms with Crippen LogP contribution in [-0.2, 0) is 0 Å². The van der Waals surface area contributed by atoms with Crippen LogP contribution in [0.2, 0.25) is 0 Å². The molecule has 0 aliphatic rings. The molecule has 0 aliphatic carbocycles. The Hall–Kier alpha value is -8.34. The van der Waals surface area contributed by atoms with Gasteiger partial charge in [0.1, 0.15) is 11.2 Å². The Bertz CT molecular complexity index is 3710. The first kappa shape index (κ1) is 34.5. The van der Waals surface area contributed by atoms with E-state index in [0.717, 1.165) is 72.7 Å². The normalized spacial score (nSPS) is 11.9. The van der Waals surface area contributed by atoms with Gasteiger partial charge in [0, 0.05) is 89.0 Å². The maximum atomic E-state index is 7.09. The topological polar surface area (TPSA) is 24.6 Å². The van der Waals surface area contributed by atoms with Crippen LogP contribution in [0.25, 0.3) is 81.7 Å². The zero-order valence-corrected chi connectivity index (χ0v) is 33.6. The lowest BCUT2D eigenvalue weighted by Gasteiger charge is -2.25. The van der Waals surface area contributed by atoms with Crippen LogP contribution in [0.5, 0.6) is 0 Å². The molecule has 0 radical (unpaired) electrons. The molecule has 0 saturated heterocycles.